The lowest BCUT2D eigenvalue weighted by Gasteiger charge is -2.31. The van der Waals surface area contributed by atoms with Crippen LogP contribution in [0.2, 0.25) is 5.82 Å². The van der Waals surface area contributed by atoms with E-state index < -0.39 is 7.12 Å². The molecule has 0 radical (unpaired) electrons. The molecule has 2 aliphatic heterocycles. The molecule has 8 heteroatoms. The van der Waals surface area contributed by atoms with E-state index in [0.29, 0.717) is 37.4 Å². The fourth-order valence-electron chi connectivity index (χ4n) is 5.05. The molecule has 1 aromatic rings. The first-order chi connectivity index (χ1) is 16.0. The van der Waals surface area contributed by atoms with Crippen LogP contribution in [0.4, 0.5) is 0 Å². The average molecular weight is 455 g/mol. The second-order valence-corrected chi connectivity index (χ2v) is 9.92. The minimum absolute atomic E-state index is 0.0759. The molecular weight excluding hydrogens is 417 g/mol. The highest BCUT2D eigenvalue weighted by Gasteiger charge is 2.36. The quantitative estimate of drug-likeness (QED) is 0.319. The van der Waals surface area contributed by atoms with E-state index in [9.17, 15) is 9.82 Å². The largest absolute Gasteiger partial charge is 0.535 e. The summed E-state index contributed by atoms with van der Waals surface area (Å²) in [6, 6.07) is 7.06. The van der Waals surface area contributed by atoms with Crippen molar-refractivity contribution in [2.24, 2.45) is 5.92 Å². The van der Waals surface area contributed by atoms with Crippen molar-refractivity contribution < 1.29 is 19.2 Å². The van der Waals surface area contributed by atoms with Crippen LogP contribution in [0.1, 0.15) is 50.2 Å². The van der Waals surface area contributed by atoms with Crippen molar-refractivity contribution in [1.82, 2.24) is 16.0 Å². The van der Waals surface area contributed by atoms with Gasteiger partial charge < -0.3 is 30.4 Å². The standard InChI is InChI=1S/C25H38BN3O4/c1-17(2)23-5-3-4-19-13-20(26(31)33-25(19)23)14-29-24(30)12-18-6-8-21(9-7-18)27-10-11-28-22-15-32-16-22/h3-5,18,20-22,27-28,31H,1,6-16H2,2H3,(H,29,30)/t18?,20-,21?/m1/s1. The summed E-state index contributed by atoms with van der Waals surface area (Å²) in [4.78, 5) is 12.6. The van der Waals surface area contributed by atoms with Gasteiger partial charge in [0.15, 0.2) is 0 Å². The summed E-state index contributed by atoms with van der Waals surface area (Å²) in [6.45, 7) is 9.99. The summed E-state index contributed by atoms with van der Waals surface area (Å²) < 4.78 is 11.0. The molecule has 1 saturated carbocycles. The van der Waals surface area contributed by atoms with Gasteiger partial charge >= 0.3 is 7.12 Å². The maximum absolute atomic E-state index is 12.6. The Labute approximate surface area is 197 Å². The van der Waals surface area contributed by atoms with E-state index in [4.69, 9.17) is 9.39 Å². The van der Waals surface area contributed by atoms with Crippen LogP contribution in [0.25, 0.3) is 5.57 Å². The molecule has 1 amide bonds. The second kappa shape index (κ2) is 11.5. The fourth-order valence-corrected chi connectivity index (χ4v) is 5.05. The van der Waals surface area contributed by atoms with Gasteiger partial charge in [-0.2, -0.15) is 0 Å². The van der Waals surface area contributed by atoms with Gasteiger partial charge in [-0.15, -0.1) is 0 Å². The molecule has 4 rings (SSSR count). The maximum atomic E-state index is 12.6. The van der Waals surface area contributed by atoms with Gasteiger partial charge in [0.2, 0.25) is 5.91 Å². The summed E-state index contributed by atoms with van der Waals surface area (Å²) in [5.41, 5.74) is 2.90. The Morgan fingerprint density at radius 1 is 1.15 bits per heavy atom. The summed E-state index contributed by atoms with van der Waals surface area (Å²) >= 11 is 0. The molecule has 1 atom stereocenters. The first-order valence-electron chi connectivity index (χ1n) is 12.4. The molecular formula is C25H38BN3O4. The van der Waals surface area contributed by atoms with Crippen LogP contribution in [-0.2, 0) is 16.0 Å². The zero-order valence-electron chi connectivity index (χ0n) is 19.8. The van der Waals surface area contributed by atoms with E-state index in [1.54, 1.807) is 0 Å². The minimum atomic E-state index is -0.925. The molecule has 1 saturated heterocycles. The second-order valence-electron chi connectivity index (χ2n) is 9.92. The number of carbonyl (C=O) groups excluding carboxylic acids is 1. The lowest BCUT2D eigenvalue weighted by atomic mass is 9.66. The van der Waals surface area contributed by atoms with Gasteiger partial charge in [-0.05, 0) is 56.1 Å². The minimum Gasteiger partial charge on any atom is -0.535 e. The first kappa shape index (κ1) is 24.3. The molecule has 0 spiro atoms. The fraction of sp³-hybridized carbons (Fsp3) is 0.640. The Bertz CT molecular complexity index is 824. The SMILES string of the molecule is C=C(C)c1cccc2c1OB(O)[C@@H](CNC(=O)CC1CCC(NCCNC3COC3)CC1)C2. The number of allylic oxidation sites excluding steroid dienone is 1. The van der Waals surface area contributed by atoms with Gasteiger partial charge in [0.1, 0.15) is 5.75 Å². The number of hydrogen-bond donors (Lipinski definition) is 4. The number of nitrogens with one attached hydrogen (secondary N) is 3. The van der Waals surface area contributed by atoms with E-state index in [2.05, 4.69) is 22.5 Å². The summed E-state index contributed by atoms with van der Waals surface area (Å²) in [5.74, 6) is 1.09. The van der Waals surface area contributed by atoms with Crippen molar-refractivity contribution in [3.8, 4) is 5.75 Å². The Morgan fingerprint density at radius 2 is 1.88 bits per heavy atom. The summed E-state index contributed by atoms with van der Waals surface area (Å²) in [5, 5.41) is 20.7. The van der Waals surface area contributed by atoms with Crippen molar-refractivity contribution >= 4 is 18.6 Å². The number of hydrogen-bond acceptors (Lipinski definition) is 6. The van der Waals surface area contributed by atoms with Crippen molar-refractivity contribution in [3.63, 3.8) is 0 Å². The van der Waals surface area contributed by atoms with Crippen LogP contribution >= 0.6 is 0 Å². The third-order valence-electron chi connectivity index (χ3n) is 7.19. The van der Waals surface area contributed by atoms with Crippen molar-refractivity contribution in [3.05, 3.63) is 35.9 Å². The number of amides is 1. The number of benzene rings is 1. The molecule has 180 valence electrons. The molecule has 33 heavy (non-hydrogen) atoms. The van der Waals surface area contributed by atoms with Gasteiger partial charge in [-0.25, -0.2) is 0 Å². The van der Waals surface area contributed by atoms with E-state index in [1.807, 2.05) is 25.1 Å². The van der Waals surface area contributed by atoms with Crippen LogP contribution < -0.4 is 20.6 Å². The predicted octanol–water partition coefficient (Wildman–Crippen LogP) is 2.15. The molecule has 1 aromatic carbocycles. The van der Waals surface area contributed by atoms with E-state index >= 15 is 0 Å². The number of para-hydroxylation sites is 1. The normalized spacial score (nSPS) is 25.0. The van der Waals surface area contributed by atoms with Crippen LogP contribution in [0.15, 0.2) is 24.8 Å². The molecule has 0 bridgehead atoms. The number of rotatable bonds is 10. The Kier molecular flexibility index (Phi) is 8.47. The van der Waals surface area contributed by atoms with E-state index in [0.717, 1.165) is 74.4 Å². The van der Waals surface area contributed by atoms with Gasteiger partial charge in [0.25, 0.3) is 0 Å². The van der Waals surface area contributed by atoms with Crippen molar-refractivity contribution in [2.45, 2.75) is 63.3 Å². The number of fused-ring (bicyclic) bond motifs is 1. The van der Waals surface area contributed by atoms with Gasteiger partial charge in [-0.3, -0.25) is 4.79 Å². The maximum Gasteiger partial charge on any atom is 0.528 e. The van der Waals surface area contributed by atoms with Crippen LogP contribution in [0.3, 0.4) is 0 Å². The molecule has 4 N–H and O–H groups in total. The van der Waals surface area contributed by atoms with Gasteiger partial charge in [-0.1, -0.05) is 24.8 Å². The Balaban J connectivity index is 1.14. The molecule has 1 aliphatic carbocycles. The summed E-state index contributed by atoms with van der Waals surface area (Å²) in [6.07, 6.45) is 5.67. The average Bonchev–Trinajstić information content (AvgIpc) is 2.77. The monoisotopic (exact) mass is 455 g/mol. The molecule has 0 aromatic heterocycles. The summed E-state index contributed by atoms with van der Waals surface area (Å²) in [7, 11) is -0.925. The molecule has 0 unspecified atom stereocenters. The predicted molar refractivity (Wildman–Crippen MR) is 131 cm³/mol. The third kappa shape index (κ3) is 6.60. The molecule has 2 heterocycles. The Morgan fingerprint density at radius 3 is 2.55 bits per heavy atom. The highest BCUT2D eigenvalue weighted by molar-refractivity contribution is 6.46. The molecule has 3 aliphatic rings. The highest BCUT2D eigenvalue weighted by atomic mass is 16.5. The Hall–Kier alpha value is -1.87. The number of carbonyl (C=O) groups is 1. The first-order valence-corrected chi connectivity index (χ1v) is 12.4. The smallest absolute Gasteiger partial charge is 0.528 e. The topological polar surface area (TPSA) is 91.9 Å². The highest BCUT2D eigenvalue weighted by Crippen LogP contribution is 2.37. The lowest BCUT2D eigenvalue weighted by Crippen LogP contribution is -2.48. The van der Waals surface area contributed by atoms with Crippen molar-refractivity contribution in [1.29, 1.82) is 0 Å². The molecule has 7 nitrogen and oxygen atoms in total. The van der Waals surface area contributed by atoms with E-state index in [1.165, 1.54) is 0 Å². The zero-order chi connectivity index (χ0) is 23.2. The number of ether oxygens (including phenoxy) is 1. The van der Waals surface area contributed by atoms with Crippen LogP contribution in [0, 0.1) is 5.92 Å². The van der Waals surface area contributed by atoms with Crippen molar-refractivity contribution in [2.75, 3.05) is 32.8 Å². The van der Waals surface area contributed by atoms with E-state index in [-0.39, 0.29) is 11.7 Å². The zero-order valence-corrected chi connectivity index (χ0v) is 19.8. The van der Waals surface area contributed by atoms with Crippen LogP contribution in [-0.4, -0.2) is 63.0 Å². The lowest BCUT2D eigenvalue weighted by molar-refractivity contribution is -0.122. The van der Waals surface area contributed by atoms with Crippen LogP contribution in [0.5, 0.6) is 5.75 Å². The van der Waals surface area contributed by atoms with Gasteiger partial charge in [0.05, 0.1) is 19.3 Å². The third-order valence-corrected chi connectivity index (χ3v) is 7.19. The molecule has 2 fully saturated rings. The van der Waals surface area contributed by atoms with Gasteiger partial charge in [0, 0.05) is 43.5 Å².